The van der Waals surface area contributed by atoms with E-state index >= 15 is 0 Å². The van der Waals surface area contributed by atoms with Crippen LogP contribution in [0.3, 0.4) is 0 Å². The van der Waals surface area contributed by atoms with Crippen molar-refractivity contribution in [1.29, 1.82) is 0 Å². The van der Waals surface area contributed by atoms with E-state index in [1.54, 1.807) is 18.2 Å². The van der Waals surface area contributed by atoms with Gasteiger partial charge in [0.15, 0.2) is 11.5 Å². The van der Waals surface area contributed by atoms with E-state index in [1.807, 2.05) is 0 Å². The summed E-state index contributed by atoms with van der Waals surface area (Å²) in [5.41, 5.74) is 0.409. The molecule has 0 amide bonds. The van der Waals surface area contributed by atoms with Gasteiger partial charge in [0.2, 0.25) is 0 Å². The van der Waals surface area contributed by atoms with Crippen LogP contribution in [-0.2, 0) is 10.0 Å². The first-order chi connectivity index (χ1) is 11.6. The van der Waals surface area contributed by atoms with Crippen molar-refractivity contribution in [3.05, 3.63) is 36.5 Å². The van der Waals surface area contributed by atoms with Crippen LogP contribution in [0.4, 0.5) is 11.5 Å². The van der Waals surface area contributed by atoms with Gasteiger partial charge in [0.05, 0.1) is 16.8 Å². The predicted octanol–water partition coefficient (Wildman–Crippen LogP) is 2.23. The molecule has 2 N–H and O–H groups in total. The number of hydrogen-bond acceptors (Lipinski definition) is 6. The Kier molecular flexibility index (Phi) is 3.68. The third-order valence-corrected chi connectivity index (χ3v) is 5.15. The lowest BCUT2D eigenvalue weighted by Gasteiger charge is -2.19. The van der Waals surface area contributed by atoms with E-state index in [2.05, 4.69) is 15.0 Å². The molecule has 1 aromatic carbocycles. The van der Waals surface area contributed by atoms with E-state index in [-0.39, 0.29) is 4.90 Å². The fraction of sp³-hybridized carbons (Fsp3) is 0.312. The SMILES string of the molecule is O=S(=O)(Nc1ccc(NC2CC2)nc1)c1ccc2c(c1)OCCO2. The molecule has 2 aromatic rings. The van der Waals surface area contributed by atoms with E-state index in [0.29, 0.717) is 36.4 Å². The van der Waals surface area contributed by atoms with Gasteiger partial charge in [0.1, 0.15) is 19.0 Å². The Morgan fingerprint density at radius 3 is 2.54 bits per heavy atom. The van der Waals surface area contributed by atoms with Crippen molar-refractivity contribution in [3.8, 4) is 11.5 Å². The summed E-state index contributed by atoms with van der Waals surface area (Å²) in [6.07, 6.45) is 3.81. The van der Waals surface area contributed by atoms with Crippen molar-refractivity contribution in [3.63, 3.8) is 0 Å². The summed E-state index contributed by atoms with van der Waals surface area (Å²) in [7, 11) is -3.72. The molecule has 126 valence electrons. The summed E-state index contributed by atoms with van der Waals surface area (Å²) in [5.74, 6) is 1.74. The molecule has 0 saturated heterocycles. The number of aromatic nitrogens is 1. The van der Waals surface area contributed by atoms with Crippen molar-refractivity contribution in [1.82, 2.24) is 4.98 Å². The fourth-order valence-electron chi connectivity index (χ4n) is 2.38. The lowest BCUT2D eigenvalue weighted by molar-refractivity contribution is 0.171. The molecule has 2 heterocycles. The maximum atomic E-state index is 12.5. The van der Waals surface area contributed by atoms with Crippen LogP contribution in [0.25, 0.3) is 0 Å². The average molecular weight is 347 g/mol. The molecular formula is C16H17N3O4S. The predicted molar refractivity (Wildman–Crippen MR) is 89.1 cm³/mol. The first-order valence-electron chi connectivity index (χ1n) is 7.75. The van der Waals surface area contributed by atoms with Gasteiger partial charge in [0, 0.05) is 12.1 Å². The second-order valence-corrected chi connectivity index (χ2v) is 7.44. The summed E-state index contributed by atoms with van der Waals surface area (Å²) in [6.45, 7) is 0.869. The maximum Gasteiger partial charge on any atom is 0.262 e. The molecule has 0 spiro atoms. The molecular weight excluding hydrogens is 330 g/mol. The van der Waals surface area contributed by atoms with Crippen LogP contribution in [0, 0.1) is 0 Å². The highest BCUT2D eigenvalue weighted by Gasteiger charge is 2.22. The van der Waals surface area contributed by atoms with Gasteiger partial charge in [-0.25, -0.2) is 13.4 Å². The molecule has 2 aliphatic rings. The minimum atomic E-state index is -3.72. The number of sulfonamides is 1. The summed E-state index contributed by atoms with van der Waals surface area (Å²) >= 11 is 0. The second kappa shape index (κ2) is 5.86. The number of hydrogen-bond donors (Lipinski definition) is 2. The van der Waals surface area contributed by atoms with Crippen LogP contribution in [0.1, 0.15) is 12.8 Å². The Hall–Kier alpha value is -2.48. The van der Waals surface area contributed by atoms with Gasteiger partial charge < -0.3 is 14.8 Å². The molecule has 8 heteroatoms. The molecule has 1 aliphatic carbocycles. The first kappa shape index (κ1) is 15.1. The van der Waals surface area contributed by atoms with Gasteiger partial charge >= 0.3 is 0 Å². The normalized spacial score (nSPS) is 16.5. The largest absolute Gasteiger partial charge is 0.486 e. The number of rotatable bonds is 5. The monoisotopic (exact) mass is 347 g/mol. The van der Waals surface area contributed by atoms with Crippen LogP contribution in [0.5, 0.6) is 11.5 Å². The van der Waals surface area contributed by atoms with Crippen molar-refractivity contribution in [2.75, 3.05) is 23.3 Å². The number of pyridine rings is 1. The Morgan fingerprint density at radius 2 is 1.83 bits per heavy atom. The molecule has 1 aromatic heterocycles. The summed E-state index contributed by atoms with van der Waals surface area (Å²) in [6, 6.07) is 8.51. The topological polar surface area (TPSA) is 89.6 Å². The third-order valence-electron chi connectivity index (χ3n) is 3.77. The van der Waals surface area contributed by atoms with Gasteiger partial charge in [-0.1, -0.05) is 0 Å². The Labute approximate surface area is 140 Å². The zero-order valence-corrected chi connectivity index (χ0v) is 13.7. The molecule has 1 aliphatic heterocycles. The molecule has 0 unspecified atom stereocenters. The van der Waals surface area contributed by atoms with Gasteiger partial charge in [-0.15, -0.1) is 0 Å². The Balaban J connectivity index is 1.52. The van der Waals surface area contributed by atoms with Crippen LogP contribution in [-0.4, -0.2) is 32.7 Å². The molecule has 0 bridgehead atoms. The molecule has 24 heavy (non-hydrogen) atoms. The van der Waals surface area contributed by atoms with Crippen molar-refractivity contribution >= 4 is 21.5 Å². The average Bonchev–Trinajstić information content (AvgIpc) is 3.40. The summed E-state index contributed by atoms with van der Waals surface area (Å²) in [4.78, 5) is 4.34. The maximum absolute atomic E-state index is 12.5. The lowest BCUT2D eigenvalue weighted by atomic mass is 10.3. The fourth-order valence-corrected chi connectivity index (χ4v) is 3.44. The molecule has 7 nitrogen and oxygen atoms in total. The van der Waals surface area contributed by atoms with Gasteiger partial charge in [-0.3, -0.25) is 4.72 Å². The first-order valence-corrected chi connectivity index (χ1v) is 9.23. The molecule has 0 radical (unpaired) electrons. The van der Waals surface area contributed by atoms with Gasteiger partial charge in [-0.05, 0) is 37.1 Å². The van der Waals surface area contributed by atoms with E-state index in [4.69, 9.17) is 9.47 Å². The Bertz CT molecular complexity index is 848. The molecule has 1 fully saturated rings. The number of anilines is 2. The molecule has 4 rings (SSSR count). The second-order valence-electron chi connectivity index (χ2n) is 5.76. The zero-order valence-electron chi connectivity index (χ0n) is 12.9. The van der Waals surface area contributed by atoms with Crippen LogP contribution in [0.2, 0.25) is 0 Å². The number of nitrogens with zero attached hydrogens (tertiary/aromatic N) is 1. The highest BCUT2D eigenvalue weighted by molar-refractivity contribution is 7.92. The van der Waals surface area contributed by atoms with Crippen molar-refractivity contribution in [2.45, 2.75) is 23.8 Å². The highest BCUT2D eigenvalue weighted by atomic mass is 32.2. The highest BCUT2D eigenvalue weighted by Crippen LogP contribution is 2.32. The third kappa shape index (κ3) is 3.23. The van der Waals surface area contributed by atoms with Gasteiger partial charge in [0.25, 0.3) is 10.0 Å². The van der Waals surface area contributed by atoms with Crippen LogP contribution in [0.15, 0.2) is 41.4 Å². The minimum absolute atomic E-state index is 0.118. The van der Waals surface area contributed by atoms with E-state index in [0.717, 1.165) is 18.7 Å². The van der Waals surface area contributed by atoms with E-state index < -0.39 is 10.0 Å². The lowest BCUT2D eigenvalue weighted by Crippen LogP contribution is -2.17. The van der Waals surface area contributed by atoms with E-state index in [9.17, 15) is 8.42 Å². The number of fused-ring (bicyclic) bond motifs is 1. The van der Waals surface area contributed by atoms with Gasteiger partial charge in [-0.2, -0.15) is 0 Å². The van der Waals surface area contributed by atoms with Crippen molar-refractivity contribution < 1.29 is 17.9 Å². The molecule has 1 saturated carbocycles. The van der Waals surface area contributed by atoms with Crippen LogP contribution >= 0.6 is 0 Å². The van der Waals surface area contributed by atoms with Crippen molar-refractivity contribution in [2.24, 2.45) is 0 Å². The zero-order chi connectivity index (χ0) is 16.6. The minimum Gasteiger partial charge on any atom is -0.486 e. The Morgan fingerprint density at radius 1 is 1.04 bits per heavy atom. The number of nitrogens with one attached hydrogen (secondary N) is 2. The van der Waals surface area contributed by atoms with Crippen LogP contribution < -0.4 is 19.5 Å². The molecule has 0 atom stereocenters. The number of benzene rings is 1. The standard InChI is InChI=1S/C16H17N3O4S/c20-24(21,13-4-5-14-15(9-13)23-8-7-22-14)19-12-3-6-16(17-10-12)18-11-1-2-11/h3-6,9-11,19H,1-2,7-8H2,(H,17,18). The number of ether oxygens (including phenoxy) is 2. The quantitative estimate of drug-likeness (QED) is 0.862. The smallest absolute Gasteiger partial charge is 0.262 e. The summed E-state index contributed by atoms with van der Waals surface area (Å²) in [5, 5.41) is 3.25. The summed E-state index contributed by atoms with van der Waals surface area (Å²) < 4.78 is 38.4. The van der Waals surface area contributed by atoms with E-state index in [1.165, 1.54) is 18.3 Å².